The van der Waals surface area contributed by atoms with Crippen molar-refractivity contribution in [3.8, 4) is 0 Å². The maximum absolute atomic E-state index is 11.5. The maximum atomic E-state index is 11.5. The van der Waals surface area contributed by atoms with Crippen molar-refractivity contribution in [2.45, 2.75) is 32.7 Å². The lowest BCUT2D eigenvalue weighted by Gasteiger charge is -2.18. The Hall–Kier alpha value is -0.610. The molecule has 1 amide bonds. The van der Waals surface area contributed by atoms with E-state index in [-0.39, 0.29) is 11.9 Å². The summed E-state index contributed by atoms with van der Waals surface area (Å²) in [6.45, 7) is 6.54. The Bertz CT molecular complexity index is 173. The predicted octanol–water partition coefficient (Wildman–Crippen LogP) is 0.442. The van der Waals surface area contributed by atoms with Crippen molar-refractivity contribution in [1.82, 2.24) is 15.5 Å². The van der Waals surface area contributed by atoms with Crippen molar-refractivity contribution >= 4 is 5.91 Å². The zero-order valence-electron chi connectivity index (χ0n) is 10.5. The van der Waals surface area contributed by atoms with Crippen LogP contribution < -0.4 is 10.6 Å². The third-order valence-corrected chi connectivity index (χ3v) is 2.40. The molecular formula is C11H25N3O. The molecule has 0 aromatic rings. The number of amides is 1. The lowest BCUT2D eigenvalue weighted by atomic mass is 10.2. The molecule has 0 saturated carbocycles. The highest BCUT2D eigenvalue weighted by Gasteiger charge is 2.07. The summed E-state index contributed by atoms with van der Waals surface area (Å²) in [5.41, 5.74) is 0. The van der Waals surface area contributed by atoms with Gasteiger partial charge in [0.25, 0.3) is 0 Å². The fourth-order valence-corrected chi connectivity index (χ4v) is 1.27. The van der Waals surface area contributed by atoms with Crippen LogP contribution in [0.15, 0.2) is 0 Å². The Morgan fingerprint density at radius 3 is 2.67 bits per heavy atom. The Morgan fingerprint density at radius 1 is 1.47 bits per heavy atom. The highest BCUT2D eigenvalue weighted by Crippen LogP contribution is 1.90. The van der Waals surface area contributed by atoms with E-state index in [1.54, 1.807) is 0 Å². The first-order chi connectivity index (χ1) is 7.10. The van der Waals surface area contributed by atoms with Crippen LogP contribution in [0.4, 0.5) is 0 Å². The standard InChI is InChI=1S/C11H25N3O/c1-5-10(2)13-11(15)9-14(4)8-6-7-12-3/h10,12H,5-9H2,1-4H3,(H,13,15). The van der Waals surface area contributed by atoms with Gasteiger partial charge < -0.3 is 10.6 Å². The van der Waals surface area contributed by atoms with E-state index in [9.17, 15) is 4.79 Å². The van der Waals surface area contributed by atoms with Gasteiger partial charge in [-0.25, -0.2) is 0 Å². The molecule has 0 rings (SSSR count). The Balaban J connectivity index is 3.57. The molecule has 2 N–H and O–H groups in total. The molecule has 0 radical (unpaired) electrons. The summed E-state index contributed by atoms with van der Waals surface area (Å²) in [6, 6.07) is 0.281. The van der Waals surface area contributed by atoms with Gasteiger partial charge in [-0.15, -0.1) is 0 Å². The van der Waals surface area contributed by atoms with Crippen LogP contribution in [0.25, 0.3) is 0 Å². The zero-order chi connectivity index (χ0) is 11.7. The van der Waals surface area contributed by atoms with E-state index in [4.69, 9.17) is 0 Å². The maximum Gasteiger partial charge on any atom is 0.234 e. The van der Waals surface area contributed by atoms with Crippen LogP contribution in [-0.2, 0) is 4.79 Å². The van der Waals surface area contributed by atoms with Gasteiger partial charge in [0.2, 0.25) is 5.91 Å². The van der Waals surface area contributed by atoms with Gasteiger partial charge in [-0.1, -0.05) is 6.92 Å². The third kappa shape index (κ3) is 8.39. The quantitative estimate of drug-likeness (QED) is 0.578. The molecule has 0 fully saturated rings. The fraction of sp³-hybridized carbons (Fsp3) is 0.909. The van der Waals surface area contributed by atoms with Gasteiger partial charge in [-0.3, -0.25) is 9.69 Å². The van der Waals surface area contributed by atoms with Crippen LogP contribution in [0.1, 0.15) is 26.7 Å². The fourth-order valence-electron chi connectivity index (χ4n) is 1.27. The highest BCUT2D eigenvalue weighted by molar-refractivity contribution is 5.78. The number of rotatable bonds is 8. The van der Waals surface area contributed by atoms with Crippen LogP contribution >= 0.6 is 0 Å². The molecule has 15 heavy (non-hydrogen) atoms. The lowest BCUT2D eigenvalue weighted by Crippen LogP contribution is -2.40. The first kappa shape index (κ1) is 14.4. The largest absolute Gasteiger partial charge is 0.353 e. The van der Waals surface area contributed by atoms with Crippen molar-refractivity contribution in [1.29, 1.82) is 0 Å². The third-order valence-electron chi connectivity index (χ3n) is 2.40. The molecule has 0 aromatic heterocycles. The minimum atomic E-state index is 0.122. The van der Waals surface area contributed by atoms with Crippen LogP contribution in [0.3, 0.4) is 0 Å². The average Bonchev–Trinajstić information content (AvgIpc) is 2.17. The highest BCUT2D eigenvalue weighted by atomic mass is 16.2. The van der Waals surface area contributed by atoms with Crippen molar-refractivity contribution in [3.63, 3.8) is 0 Å². The summed E-state index contributed by atoms with van der Waals surface area (Å²) >= 11 is 0. The topological polar surface area (TPSA) is 44.4 Å². The average molecular weight is 215 g/mol. The molecule has 0 heterocycles. The van der Waals surface area contributed by atoms with Crippen molar-refractivity contribution in [2.24, 2.45) is 0 Å². The molecule has 4 heteroatoms. The Morgan fingerprint density at radius 2 is 2.13 bits per heavy atom. The Labute approximate surface area is 93.4 Å². The number of hydrogen-bond acceptors (Lipinski definition) is 3. The molecule has 90 valence electrons. The van der Waals surface area contributed by atoms with E-state index < -0.39 is 0 Å². The monoisotopic (exact) mass is 215 g/mol. The second kappa shape index (κ2) is 8.68. The van der Waals surface area contributed by atoms with Crippen LogP contribution in [0, 0.1) is 0 Å². The van der Waals surface area contributed by atoms with Crippen LogP contribution in [0.5, 0.6) is 0 Å². The van der Waals surface area contributed by atoms with E-state index in [0.717, 1.165) is 25.9 Å². The summed E-state index contributed by atoms with van der Waals surface area (Å²) in [7, 11) is 3.92. The molecule has 0 aliphatic rings. The first-order valence-electron chi connectivity index (χ1n) is 5.72. The molecular weight excluding hydrogens is 190 g/mol. The number of nitrogens with zero attached hydrogens (tertiary/aromatic N) is 1. The van der Waals surface area contributed by atoms with E-state index in [1.807, 2.05) is 21.0 Å². The lowest BCUT2D eigenvalue weighted by molar-refractivity contribution is -0.122. The molecule has 4 nitrogen and oxygen atoms in total. The number of carbonyl (C=O) groups excluding carboxylic acids is 1. The first-order valence-corrected chi connectivity index (χ1v) is 5.72. The molecule has 0 bridgehead atoms. The van der Waals surface area contributed by atoms with Gasteiger partial charge in [-0.05, 0) is 47.0 Å². The van der Waals surface area contributed by atoms with E-state index in [0.29, 0.717) is 6.54 Å². The van der Waals surface area contributed by atoms with Gasteiger partial charge in [0.15, 0.2) is 0 Å². The van der Waals surface area contributed by atoms with Gasteiger partial charge in [0.1, 0.15) is 0 Å². The minimum Gasteiger partial charge on any atom is -0.353 e. The normalized spacial score (nSPS) is 12.9. The number of likely N-dealkylation sites (N-methyl/N-ethyl adjacent to an activating group) is 1. The summed E-state index contributed by atoms with van der Waals surface area (Å²) in [5.74, 6) is 0.122. The van der Waals surface area contributed by atoms with E-state index in [1.165, 1.54) is 0 Å². The van der Waals surface area contributed by atoms with Crippen molar-refractivity contribution < 1.29 is 4.79 Å². The number of nitrogens with one attached hydrogen (secondary N) is 2. The second-order valence-corrected chi connectivity index (χ2v) is 4.07. The molecule has 1 atom stereocenters. The van der Waals surface area contributed by atoms with Gasteiger partial charge in [0.05, 0.1) is 6.54 Å². The van der Waals surface area contributed by atoms with Crippen molar-refractivity contribution in [2.75, 3.05) is 33.7 Å². The summed E-state index contributed by atoms with van der Waals surface area (Å²) in [4.78, 5) is 13.5. The SMILES string of the molecule is CCC(C)NC(=O)CN(C)CCCNC. The van der Waals surface area contributed by atoms with Gasteiger partial charge >= 0.3 is 0 Å². The summed E-state index contributed by atoms with van der Waals surface area (Å²) in [5, 5.41) is 6.05. The molecule has 0 aliphatic heterocycles. The molecule has 0 aliphatic carbocycles. The van der Waals surface area contributed by atoms with Gasteiger partial charge in [-0.2, -0.15) is 0 Å². The van der Waals surface area contributed by atoms with Gasteiger partial charge in [0, 0.05) is 6.04 Å². The van der Waals surface area contributed by atoms with Crippen LogP contribution in [-0.4, -0.2) is 50.6 Å². The van der Waals surface area contributed by atoms with Crippen molar-refractivity contribution in [3.05, 3.63) is 0 Å². The summed E-state index contributed by atoms with van der Waals surface area (Å²) < 4.78 is 0. The molecule has 0 spiro atoms. The molecule has 0 saturated heterocycles. The smallest absolute Gasteiger partial charge is 0.234 e. The zero-order valence-corrected chi connectivity index (χ0v) is 10.5. The molecule has 0 aromatic carbocycles. The predicted molar refractivity (Wildman–Crippen MR) is 63.9 cm³/mol. The van der Waals surface area contributed by atoms with E-state index in [2.05, 4.69) is 22.5 Å². The Kier molecular flexibility index (Phi) is 8.33. The second-order valence-electron chi connectivity index (χ2n) is 4.07. The number of carbonyl (C=O) groups is 1. The molecule has 1 unspecified atom stereocenters. The minimum absolute atomic E-state index is 0.122. The van der Waals surface area contributed by atoms with Crippen LogP contribution in [0.2, 0.25) is 0 Å². The summed E-state index contributed by atoms with van der Waals surface area (Å²) in [6.07, 6.45) is 2.05. The van der Waals surface area contributed by atoms with E-state index >= 15 is 0 Å². The number of hydrogen-bond donors (Lipinski definition) is 2.